The zero-order chi connectivity index (χ0) is 25.9. The summed E-state index contributed by atoms with van der Waals surface area (Å²) in [7, 11) is 0.612. The number of benzene rings is 2. The lowest BCUT2D eigenvalue weighted by atomic mass is 10.2. The van der Waals surface area contributed by atoms with E-state index < -0.39 is 9.84 Å². The Labute approximate surface area is 210 Å². The fourth-order valence-corrected chi connectivity index (χ4v) is 4.67. The molecule has 0 radical (unpaired) electrons. The number of para-hydroxylation sites is 1. The van der Waals surface area contributed by atoms with Gasteiger partial charge in [-0.3, -0.25) is 10.1 Å². The van der Waals surface area contributed by atoms with Gasteiger partial charge in [-0.1, -0.05) is 25.1 Å². The molecule has 0 aliphatic carbocycles. The zero-order valence-corrected chi connectivity index (χ0v) is 21.5. The lowest BCUT2D eigenvalue weighted by molar-refractivity contribution is -0.116. The summed E-state index contributed by atoms with van der Waals surface area (Å²) in [6.45, 7) is 1.96. The summed E-state index contributed by atoms with van der Waals surface area (Å²) >= 11 is 0. The van der Waals surface area contributed by atoms with Gasteiger partial charge in [-0.15, -0.1) is 0 Å². The van der Waals surface area contributed by atoms with Crippen LogP contribution >= 0.6 is 0 Å². The number of amides is 1. The maximum atomic E-state index is 12.1. The van der Waals surface area contributed by atoms with E-state index in [1.165, 1.54) is 6.26 Å². The maximum Gasteiger partial charge on any atom is 0.229 e. The van der Waals surface area contributed by atoms with Gasteiger partial charge in [0.25, 0.3) is 0 Å². The number of nitrogens with zero attached hydrogens (tertiary/aromatic N) is 5. The number of fused-ring (bicyclic) bond motifs is 1. The number of imidazole rings is 1. The molecule has 2 heterocycles. The molecule has 10 nitrogen and oxygen atoms in total. The third-order valence-corrected chi connectivity index (χ3v) is 6.43. The van der Waals surface area contributed by atoms with E-state index in [1.54, 1.807) is 30.5 Å². The Balaban J connectivity index is 1.61. The van der Waals surface area contributed by atoms with Gasteiger partial charge in [-0.2, -0.15) is 4.98 Å². The van der Waals surface area contributed by atoms with Gasteiger partial charge in [0.2, 0.25) is 17.8 Å². The van der Waals surface area contributed by atoms with Crippen molar-refractivity contribution in [3.8, 4) is 0 Å². The third kappa shape index (κ3) is 5.80. The van der Waals surface area contributed by atoms with Crippen LogP contribution in [0.1, 0.15) is 25.3 Å². The number of anilines is 5. The standard InChI is InChI=1S/C25H29N7O3S/c1-5-8-22(33)29-25-30-23-19(11-7-12-20(23)32(25)3)31(2)21-13-14-26-24(28-21)27-18-10-6-9-17(15-18)16-36(4,34)35/h6-7,9-15H,5,8,16H2,1-4H3,(H,26,27,28)(H,29,30,33). The first-order valence-corrected chi connectivity index (χ1v) is 13.6. The number of rotatable bonds is 9. The van der Waals surface area contributed by atoms with Crippen LogP contribution in [-0.4, -0.2) is 47.1 Å². The molecule has 0 unspecified atom stereocenters. The molecule has 0 fully saturated rings. The number of carbonyl (C=O) groups excluding carboxylic acids is 1. The monoisotopic (exact) mass is 507 g/mol. The van der Waals surface area contributed by atoms with Crippen LogP contribution in [-0.2, 0) is 27.4 Å². The molecule has 0 saturated heterocycles. The van der Waals surface area contributed by atoms with Gasteiger partial charge in [0, 0.05) is 38.7 Å². The summed E-state index contributed by atoms with van der Waals surface area (Å²) in [5, 5.41) is 6.03. The van der Waals surface area contributed by atoms with Gasteiger partial charge >= 0.3 is 0 Å². The minimum Gasteiger partial charge on any atom is -0.327 e. The molecular formula is C25H29N7O3S. The second kappa shape index (κ2) is 10.3. The largest absolute Gasteiger partial charge is 0.327 e. The van der Waals surface area contributed by atoms with Crippen molar-refractivity contribution in [1.82, 2.24) is 19.5 Å². The second-order valence-electron chi connectivity index (χ2n) is 8.63. The molecule has 4 aromatic rings. The summed E-state index contributed by atoms with van der Waals surface area (Å²) in [6.07, 6.45) is 4.05. The van der Waals surface area contributed by atoms with Crippen molar-refractivity contribution in [3.63, 3.8) is 0 Å². The number of hydrogen-bond acceptors (Lipinski definition) is 8. The average Bonchev–Trinajstić information content (AvgIpc) is 3.13. The molecule has 1 amide bonds. The molecule has 0 saturated carbocycles. The summed E-state index contributed by atoms with van der Waals surface area (Å²) in [5.41, 5.74) is 3.80. The van der Waals surface area contributed by atoms with Gasteiger partial charge in [0.15, 0.2) is 9.84 Å². The molecule has 36 heavy (non-hydrogen) atoms. The summed E-state index contributed by atoms with van der Waals surface area (Å²) in [5.74, 6) is 1.38. The van der Waals surface area contributed by atoms with E-state index in [-0.39, 0.29) is 11.7 Å². The Morgan fingerprint density at radius 1 is 1.11 bits per heavy atom. The average molecular weight is 508 g/mol. The topological polar surface area (TPSA) is 122 Å². The van der Waals surface area contributed by atoms with Crippen LogP contribution in [0.2, 0.25) is 0 Å². The van der Waals surface area contributed by atoms with Gasteiger partial charge < -0.3 is 14.8 Å². The van der Waals surface area contributed by atoms with E-state index >= 15 is 0 Å². The SMILES string of the molecule is CCCC(=O)Nc1nc2c(N(C)c3ccnc(Nc4cccc(CS(C)(=O)=O)c4)n3)cccc2n1C. The first-order chi connectivity index (χ1) is 17.1. The van der Waals surface area contributed by atoms with Crippen LogP contribution in [0.3, 0.4) is 0 Å². The fraction of sp³-hybridized carbons (Fsp3) is 0.280. The van der Waals surface area contributed by atoms with E-state index in [2.05, 4.69) is 20.6 Å². The van der Waals surface area contributed by atoms with Crippen molar-refractivity contribution >= 4 is 55.9 Å². The smallest absolute Gasteiger partial charge is 0.229 e. The number of sulfone groups is 1. The highest BCUT2D eigenvalue weighted by atomic mass is 32.2. The molecule has 188 valence electrons. The highest BCUT2D eigenvalue weighted by Gasteiger charge is 2.17. The predicted octanol–water partition coefficient (Wildman–Crippen LogP) is 4.16. The number of nitrogens with one attached hydrogen (secondary N) is 2. The number of aryl methyl sites for hydroxylation is 1. The lowest BCUT2D eigenvalue weighted by Gasteiger charge is -2.19. The minimum absolute atomic E-state index is 0.0406. The summed E-state index contributed by atoms with van der Waals surface area (Å²) in [4.78, 5) is 27.7. The van der Waals surface area contributed by atoms with Gasteiger partial charge in [-0.25, -0.2) is 18.4 Å². The Morgan fingerprint density at radius 3 is 2.64 bits per heavy atom. The Bertz CT molecular complexity index is 1520. The molecule has 2 aromatic heterocycles. The van der Waals surface area contributed by atoms with Crippen LogP contribution < -0.4 is 15.5 Å². The molecule has 11 heteroatoms. The Morgan fingerprint density at radius 2 is 1.89 bits per heavy atom. The lowest BCUT2D eigenvalue weighted by Crippen LogP contribution is -2.14. The van der Waals surface area contributed by atoms with Crippen molar-refractivity contribution in [3.05, 3.63) is 60.3 Å². The highest BCUT2D eigenvalue weighted by Crippen LogP contribution is 2.31. The number of hydrogen-bond donors (Lipinski definition) is 2. The van der Waals surface area contributed by atoms with E-state index in [1.807, 2.05) is 54.8 Å². The Kier molecular flexibility index (Phi) is 7.20. The minimum atomic E-state index is -3.14. The maximum absolute atomic E-state index is 12.1. The molecule has 0 aliphatic heterocycles. The van der Waals surface area contributed by atoms with Crippen LogP contribution in [0, 0.1) is 0 Å². The first-order valence-electron chi connectivity index (χ1n) is 11.5. The second-order valence-corrected chi connectivity index (χ2v) is 10.8. The van der Waals surface area contributed by atoms with Gasteiger partial charge in [0.1, 0.15) is 11.3 Å². The molecule has 2 N–H and O–H groups in total. The van der Waals surface area contributed by atoms with Crippen molar-refractivity contribution in [1.29, 1.82) is 0 Å². The fourth-order valence-electron chi connectivity index (χ4n) is 3.89. The first kappa shape index (κ1) is 25.1. The van der Waals surface area contributed by atoms with Gasteiger partial charge in [-0.05, 0) is 42.3 Å². The van der Waals surface area contributed by atoms with Crippen LogP contribution in [0.5, 0.6) is 0 Å². The van der Waals surface area contributed by atoms with Crippen molar-refractivity contribution < 1.29 is 13.2 Å². The van der Waals surface area contributed by atoms with Crippen LogP contribution in [0.15, 0.2) is 54.7 Å². The van der Waals surface area contributed by atoms with E-state index in [4.69, 9.17) is 4.98 Å². The van der Waals surface area contributed by atoms with E-state index in [9.17, 15) is 13.2 Å². The molecule has 2 aromatic carbocycles. The van der Waals surface area contributed by atoms with Crippen LogP contribution in [0.25, 0.3) is 11.0 Å². The Hall–Kier alpha value is -3.99. The third-order valence-electron chi connectivity index (χ3n) is 5.58. The van der Waals surface area contributed by atoms with Crippen molar-refractivity contribution in [2.45, 2.75) is 25.5 Å². The van der Waals surface area contributed by atoms with Crippen molar-refractivity contribution in [2.24, 2.45) is 7.05 Å². The zero-order valence-electron chi connectivity index (χ0n) is 20.7. The molecule has 0 atom stereocenters. The quantitative estimate of drug-likeness (QED) is 0.346. The highest BCUT2D eigenvalue weighted by molar-refractivity contribution is 7.89. The summed E-state index contributed by atoms with van der Waals surface area (Å²) < 4.78 is 25.1. The molecule has 0 spiro atoms. The normalized spacial score (nSPS) is 11.4. The van der Waals surface area contributed by atoms with E-state index in [0.29, 0.717) is 35.4 Å². The van der Waals surface area contributed by atoms with Crippen LogP contribution in [0.4, 0.5) is 29.1 Å². The van der Waals surface area contributed by atoms with E-state index in [0.717, 1.165) is 23.1 Å². The summed E-state index contributed by atoms with van der Waals surface area (Å²) in [6, 6.07) is 14.8. The van der Waals surface area contributed by atoms with Crippen molar-refractivity contribution in [2.75, 3.05) is 28.8 Å². The number of aromatic nitrogens is 4. The molecule has 0 bridgehead atoms. The molecular weight excluding hydrogens is 478 g/mol. The predicted molar refractivity (Wildman–Crippen MR) is 143 cm³/mol. The molecule has 4 rings (SSSR count). The molecule has 0 aliphatic rings. The number of carbonyl (C=O) groups is 1. The van der Waals surface area contributed by atoms with Gasteiger partial charge in [0.05, 0.1) is 17.0 Å².